The van der Waals surface area contributed by atoms with E-state index in [0.29, 0.717) is 12.1 Å². The van der Waals surface area contributed by atoms with Crippen LogP contribution >= 0.6 is 0 Å². The van der Waals surface area contributed by atoms with Crippen LogP contribution in [0.25, 0.3) is 11.1 Å². The molecule has 2 aliphatic heterocycles. The van der Waals surface area contributed by atoms with Crippen LogP contribution in [0.4, 0.5) is 10.1 Å². The molecule has 0 aliphatic carbocycles. The zero-order valence-electron chi connectivity index (χ0n) is 16.3. The highest BCUT2D eigenvalue weighted by molar-refractivity contribution is 5.94. The second kappa shape index (κ2) is 7.54. The maximum Gasteiger partial charge on any atom is 0.255 e. The van der Waals surface area contributed by atoms with Gasteiger partial charge in [0, 0.05) is 30.5 Å². The smallest absolute Gasteiger partial charge is 0.255 e. The fraction of sp³-hybridized carbons (Fsp3) is 0.250. The Balaban J connectivity index is 1.58. The summed E-state index contributed by atoms with van der Waals surface area (Å²) in [7, 11) is 0. The zero-order chi connectivity index (χ0) is 20.7. The fourth-order valence-electron chi connectivity index (χ4n) is 4.79. The Morgan fingerprint density at radius 2 is 2.03 bits per heavy atom. The summed E-state index contributed by atoms with van der Waals surface area (Å²) in [4.78, 5) is 19.2. The summed E-state index contributed by atoms with van der Waals surface area (Å²) in [6, 6.07) is 15.7. The van der Waals surface area contributed by atoms with Crippen LogP contribution in [0.5, 0.6) is 0 Å². The van der Waals surface area contributed by atoms with Crippen molar-refractivity contribution >= 4 is 11.6 Å². The first-order valence-electron chi connectivity index (χ1n) is 10.1. The van der Waals surface area contributed by atoms with Crippen molar-refractivity contribution in [2.45, 2.75) is 18.5 Å². The van der Waals surface area contributed by atoms with E-state index in [2.05, 4.69) is 10.3 Å². The predicted octanol–water partition coefficient (Wildman–Crippen LogP) is 3.88. The molecule has 0 bridgehead atoms. The van der Waals surface area contributed by atoms with Crippen LogP contribution in [0.2, 0.25) is 0 Å². The number of anilines is 1. The van der Waals surface area contributed by atoms with Crippen molar-refractivity contribution < 1.29 is 14.3 Å². The number of carbonyl (C=O) groups excluding carboxylic acids is 1. The molecule has 2 aromatic carbocycles. The third-order valence-corrected chi connectivity index (χ3v) is 6.20. The number of fused-ring (bicyclic) bond motifs is 3. The highest BCUT2D eigenvalue weighted by atomic mass is 19.1. The lowest BCUT2D eigenvalue weighted by atomic mass is 9.82. The molecule has 5 nitrogen and oxygen atoms in total. The second-order valence-electron chi connectivity index (χ2n) is 7.88. The average molecular weight is 403 g/mol. The molecule has 2 N–H and O–H groups in total. The van der Waals surface area contributed by atoms with Gasteiger partial charge < -0.3 is 15.3 Å². The van der Waals surface area contributed by atoms with Gasteiger partial charge in [0.1, 0.15) is 5.82 Å². The van der Waals surface area contributed by atoms with Crippen molar-refractivity contribution in [3.63, 3.8) is 0 Å². The Morgan fingerprint density at radius 1 is 1.17 bits per heavy atom. The fourth-order valence-corrected chi connectivity index (χ4v) is 4.79. The van der Waals surface area contributed by atoms with Gasteiger partial charge in [0.05, 0.1) is 24.3 Å². The molecule has 0 spiro atoms. The second-order valence-corrected chi connectivity index (χ2v) is 7.88. The molecule has 0 radical (unpaired) electrons. The molecule has 1 fully saturated rings. The van der Waals surface area contributed by atoms with E-state index < -0.39 is 0 Å². The minimum Gasteiger partial charge on any atom is -0.394 e. The number of amides is 1. The van der Waals surface area contributed by atoms with Gasteiger partial charge >= 0.3 is 0 Å². The van der Waals surface area contributed by atoms with Crippen LogP contribution in [-0.4, -0.2) is 40.1 Å². The third-order valence-electron chi connectivity index (χ3n) is 6.20. The maximum absolute atomic E-state index is 13.8. The van der Waals surface area contributed by atoms with Gasteiger partial charge in [-0.3, -0.25) is 9.78 Å². The van der Waals surface area contributed by atoms with E-state index in [-0.39, 0.29) is 36.3 Å². The van der Waals surface area contributed by atoms with Gasteiger partial charge in [-0.05, 0) is 59.5 Å². The Morgan fingerprint density at radius 3 is 2.80 bits per heavy atom. The quantitative estimate of drug-likeness (QED) is 0.697. The number of hydrogen-bond donors (Lipinski definition) is 2. The van der Waals surface area contributed by atoms with E-state index in [1.165, 1.54) is 12.1 Å². The number of carbonyl (C=O) groups is 1. The molecular formula is C24H22FN3O2. The van der Waals surface area contributed by atoms with E-state index in [4.69, 9.17) is 0 Å². The number of pyridine rings is 1. The molecule has 30 heavy (non-hydrogen) atoms. The Labute approximate surface area is 174 Å². The molecule has 1 amide bonds. The van der Waals surface area contributed by atoms with Crippen LogP contribution in [0.3, 0.4) is 0 Å². The first-order chi connectivity index (χ1) is 14.7. The number of aliphatic hydroxyl groups is 1. The van der Waals surface area contributed by atoms with Crippen molar-refractivity contribution in [3.8, 4) is 11.1 Å². The van der Waals surface area contributed by atoms with Crippen LogP contribution in [0.15, 0.2) is 67.0 Å². The highest BCUT2D eigenvalue weighted by Crippen LogP contribution is 2.47. The lowest BCUT2D eigenvalue weighted by molar-refractivity contribution is 0.0700. The number of aromatic nitrogens is 1. The first-order valence-corrected chi connectivity index (χ1v) is 10.1. The van der Waals surface area contributed by atoms with Crippen molar-refractivity contribution in [1.82, 2.24) is 9.88 Å². The van der Waals surface area contributed by atoms with Crippen molar-refractivity contribution in [1.29, 1.82) is 0 Å². The topological polar surface area (TPSA) is 65.5 Å². The summed E-state index contributed by atoms with van der Waals surface area (Å²) in [6.45, 7) is 0.617. The molecule has 1 saturated heterocycles. The molecule has 5 rings (SSSR count). The predicted molar refractivity (Wildman–Crippen MR) is 112 cm³/mol. The number of rotatable bonds is 3. The largest absolute Gasteiger partial charge is 0.394 e. The number of likely N-dealkylation sites (tertiary alicyclic amines) is 1. The van der Waals surface area contributed by atoms with E-state index in [0.717, 1.165) is 28.8 Å². The monoisotopic (exact) mass is 403 g/mol. The number of nitrogens with one attached hydrogen (secondary N) is 1. The SMILES string of the molecule is O=C(c1cccnc1)N1CC[C@@H]2[C@@H](CO)Nc3ccc(-c4cccc(F)c4)cc3[C@@H]21. The number of halogens is 1. The molecule has 2 aliphatic rings. The molecular weight excluding hydrogens is 381 g/mol. The number of nitrogens with zero attached hydrogens (tertiary/aromatic N) is 2. The van der Waals surface area contributed by atoms with Gasteiger partial charge in [-0.15, -0.1) is 0 Å². The van der Waals surface area contributed by atoms with Gasteiger partial charge in [0.25, 0.3) is 5.91 Å². The summed E-state index contributed by atoms with van der Waals surface area (Å²) in [5.41, 5.74) is 4.15. The van der Waals surface area contributed by atoms with E-state index in [9.17, 15) is 14.3 Å². The Bertz CT molecular complexity index is 1090. The zero-order valence-corrected chi connectivity index (χ0v) is 16.3. The van der Waals surface area contributed by atoms with Crippen molar-refractivity contribution in [3.05, 3.63) is 83.9 Å². The molecule has 3 heterocycles. The molecule has 152 valence electrons. The van der Waals surface area contributed by atoms with E-state index in [1.807, 2.05) is 29.2 Å². The van der Waals surface area contributed by atoms with Gasteiger partial charge in [0.2, 0.25) is 0 Å². The normalized spacial score (nSPS) is 22.2. The number of benzene rings is 2. The minimum absolute atomic E-state index is 0.00117. The van der Waals surface area contributed by atoms with Crippen molar-refractivity contribution in [2.75, 3.05) is 18.5 Å². The van der Waals surface area contributed by atoms with Crippen LogP contribution in [0, 0.1) is 11.7 Å². The van der Waals surface area contributed by atoms with Gasteiger partial charge in [0.15, 0.2) is 0 Å². The molecule has 3 atom stereocenters. The number of aliphatic hydroxyl groups excluding tert-OH is 1. The minimum atomic E-state index is -0.282. The Hall–Kier alpha value is -3.25. The third kappa shape index (κ3) is 3.13. The summed E-state index contributed by atoms with van der Waals surface area (Å²) < 4.78 is 13.8. The maximum atomic E-state index is 13.8. The van der Waals surface area contributed by atoms with Gasteiger partial charge in [-0.1, -0.05) is 18.2 Å². The summed E-state index contributed by atoms with van der Waals surface area (Å²) in [5, 5.41) is 13.4. The van der Waals surface area contributed by atoms with Crippen LogP contribution in [0.1, 0.15) is 28.4 Å². The van der Waals surface area contributed by atoms with Gasteiger partial charge in [-0.25, -0.2) is 4.39 Å². The molecule has 0 unspecified atom stereocenters. The molecule has 1 aromatic heterocycles. The first kappa shape index (κ1) is 18.8. The summed E-state index contributed by atoms with van der Waals surface area (Å²) >= 11 is 0. The Kier molecular flexibility index (Phi) is 4.71. The van der Waals surface area contributed by atoms with Crippen molar-refractivity contribution in [2.24, 2.45) is 5.92 Å². The summed E-state index contributed by atoms with van der Waals surface area (Å²) in [6.07, 6.45) is 4.04. The average Bonchev–Trinajstić information content (AvgIpc) is 3.24. The van der Waals surface area contributed by atoms with Crippen LogP contribution < -0.4 is 5.32 Å². The standard InChI is InChI=1S/C24H22FN3O2/c25-18-5-1-3-15(11-18)16-6-7-21-20(12-16)23-19(22(14-29)27-21)8-10-28(23)24(30)17-4-2-9-26-13-17/h1-7,9,11-13,19,22-23,27,29H,8,10,14H2/t19-,22-,23-/m1/s1. The molecule has 3 aromatic rings. The number of hydrogen-bond acceptors (Lipinski definition) is 4. The summed E-state index contributed by atoms with van der Waals surface area (Å²) in [5.74, 6) is -0.238. The van der Waals surface area contributed by atoms with Gasteiger partial charge in [-0.2, -0.15) is 0 Å². The highest BCUT2D eigenvalue weighted by Gasteiger charge is 2.45. The lowest BCUT2D eigenvalue weighted by Crippen LogP contribution is -2.42. The lowest BCUT2D eigenvalue weighted by Gasteiger charge is -2.39. The van der Waals surface area contributed by atoms with E-state index in [1.54, 1.807) is 30.6 Å². The van der Waals surface area contributed by atoms with E-state index >= 15 is 0 Å². The van der Waals surface area contributed by atoms with Crippen LogP contribution in [-0.2, 0) is 0 Å². The molecule has 6 heteroatoms. The molecule has 0 saturated carbocycles.